The maximum Gasteiger partial charge on any atom is 0.115 e. The van der Waals surface area contributed by atoms with Crippen LogP contribution < -0.4 is 6.14 Å². The summed E-state index contributed by atoms with van der Waals surface area (Å²) in [5.74, 6) is 0. The molecule has 3 N–H and O–H groups in total. The minimum atomic E-state index is 0. The summed E-state index contributed by atoms with van der Waals surface area (Å²) in [7, 11) is 0. The van der Waals surface area contributed by atoms with Gasteiger partial charge in [0.15, 0.2) is 0 Å². The van der Waals surface area contributed by atoms with Crippen molar-refractivity contribution in [1.82, 2.24) is 6.14 Å². The predicted octanol–water partition coefficient (Wildman–Crippen LogP) is 1.47. The normalized spacial score (nSPS) is 6.88. The van der Waals surface area contributed by atoms with Crippen molar-refractivity contribution in [3.63, 3.8) is 0 Å². The van der Waals surface area contributed by atoms with Crippen molar-refractivity contribution in [2.75, 3.05) is 0 Å². The van der Waals surface area contributed by atoms with Gasteiger partial charge in [0.2, 0.25) is 0 Å². The first-order valence-electron chi connectivity index (χ1n) is 2.58. The predicted molar refractivity (Wildman–Crippen MR) is 37.2 cm³/mol. The standard InChI is InChI=1S/C6H6.B.H3N/c1-2-4-6-5-3-1;;/h1-6H;;1H3/i/hD. The monoisotopic (exact) mass is 107 g/mol. The number of hydrogen-bond donors (Lipinski definition) is 1. The summed E-state index contributed by atoms with van der Waals surface area (Å²) >= 11 is 0. The molecule has 2 heteroatoms. The van der Waals surface area contributed by atoms with Gasteiger partial charge in [0.05, 0.1) is 0 Å². The quantitative estimate of drug-likeness (QED) is 0.500. The molecule has 1 aromatic carbocycles. The van der Waals surface area contributed by atoms with E-state index < -0.39 is 0 Å². The van der Waals surface area contributed by atoms with Crippen LogP contribution in [0.4, 0.5) is 0 Å². The molecule has 1 rings (SSSR count). The molecule has 0 bridgehead atoms. The molecule has 0 heterocycles. The second-order valence-electron chi connectivity index (χ2n) is 1.15. The second-order valence-corrected chi connectivity index (χ2v) is 1.15. The molecule has 0 spiro atoms. The summed E-state index contributed by atoms with van der Waals surface area (Å²) in [5.41, 5.74) is 0. The highest BCUT2D eigenvalue weighted by Gasteiger charge is 1.57. The maximum atomic E-state index is 5.25. The average molecular weight is 107 g/mol. The van der Waals surface area contributed by atoms with Gasteiger partial charge in [-0.15, -0.1) is 0 Å². The van der Waals surface area contributed by atoms with Crippen molar-refractivity contribution in [2.45, 2.75) is 0 Å². The summed E-state index contributed by atoms with van der Waals surface area (Å²) in [5, 5.41) is 0. The van der Waals surface area contributed by atoms with Crippen LogP contribution in [0, 0.1) is 0 Å². The zero-order valence-corrected chi connectivity index (χ0v) is 4.62. The molecule has 0 aromatic heterocycles. The number of benzene rings is 1. The van der Waals surface area contributed by atoms with Gasteiger partial charge >= 0.3 is 0 Å². The minimum Gasteiger partial charge on any atom is -0.344 e. The first-order valence-corrected chi connectivity index (χ1v) is 2.00. The molecule has 0 unspecified atom stereocenters. The summed E-state index contributed by atoms with van der Waals surface area (Å²) < 4.78 is 5.25. The van der Waals surface area contributed by atoms with Gasteiger partial charge in [-0.05, 0) is 0 Å². The zero-order valence-electron chi connectivity index (χ0n) is 5.62. The molecule has 0 fully saturated rings. The fourth-order valence-electron chi connectivity index (χ4n) is 0.385. The third-order valence-electron chi connectivity index (χ3n) is 0.667. The fraction of sp³-hybridized carbons (Fsp3) is 0. The Kier molecular flexibility index (Phi) is 5.66. The van der Waals surface area contributed by atoms with Crippen molar-refractivity contribution in [3.8, 4) is 0 Å². The van der Waals surface area contributed by atoms with Crippen LogP contribution in [0.1, 0.15) is 0 Å². The van der Waals surface area contributed by atoms with E-state index in [4.69, 9.17) is 1.41 Å². The van der Waals surface area contributed by atoms with Gasteiger partial charge in [0, 0.05) is 8.41 Å². The van der Waals surface area contributed by atoms with Gasteiger partial charge < -0.3 is 6.14 Å². The Balaban J connectivity index is 0. The van der Waals surface area contributed by atoms with Crippen molar-refractivity contribution in [2.24, 2.45) is 0 Å². The molecule has 1 nitrogen and oxygen atoms in total. The van der Waals surface area contributed by atoms with E-state index in [0.717, 1.165) is 0 Å². The molecular formula is C6H9BN. The van der Waals surface area contributed by atoms with Crippen LogP contribution in [0.25, 0.3) is 0 Å². The highest BCUT2D eigenvalue weighted by molar-refractivity contribution is 5.75. The molecule has 0 aliphatic heterocycles. The smallest absolute Gasteiger partial charge is 0.115 e. The third kappa shape index (κ3) is 3.44. The maximum absolute atomic E-state index is 5.25. The van der Waals surface area contributed by atoms with E-state index in [0.29, 0.717) is 0 Å². The summed E-state index contributed by atoms with van der Waals surface area (Å²) in [6, 6.07) is 12.0. The Bertz CT molecular complexity index is 85.0. The topological polar surface area (TPSA) is 35.0 Å². The van der Waals surface area contributed by atoms with Crippen LogP contribution in [0.3, 0.4) is 0 Å². The Hall–Kier alpha value is -0.755. The molecule has 3 radical (unpaired) electrons. The van der Waals surface area contributed by atoms with Crippen LogP contribution in [0.15, 0.2) is 36.4 Å². The number of hydrogen-bond acceptors (Lipinski definition) is 1. The van der Waals surface area contributed by atoms with E-state index in [1.165, 1.54) is 0 Å². The lowest BCUT2D eigenvalue weighted by atomic mass is 10.4. The Morgan fingerprint density at radius 1 is 0.750 bits per heavy atom. The van der Waals surface area contributed by atoms with E-state index in [2.05, 4.69) is 6.14 Å². The highest BCUT2D eigenvalue weighted by Crippen LogP contribution is 1.79. The van der Waals surface area contributed by atoms with E-state index in [-0.39, 0.29) is 8.41 Å². The number of rotatable bonds is 0. The lowest BCUT2D eigenvalue weighted by molar-refractivity contribution is 1.72. The Morgan fingerprint density at radius 2 is 0.875 bits per heavy atom. The van der Waals surface area contributed by atoms with E-state index in [1.807, 2.05) is 36.4 Å². The van der Waals surface area contributed by atoms with Crippen LogP contribution in [0.2, 0.25) is 1.41 Å². The van der Waals surface area contributed by atoms with Gasteiger partial charge in [0.25, 0.3) is 0 Å². The average Bonchev–Trinajstić information content (AvgIpc) is 1.96. The van der Waals surface area contributed by atoms with E-state index >= 15 is 0 Å². The molecule has 0 aliphatic carbocycles. The molecule has 0 saturated heterocycles. The van der Waals surface area contributed by atoms with Gasteiger partial charge in [-0.2, -0.15) is 0 Å². The van der Waals surface area contributed by atoms with Gasteiger partial charge in [0.1, 0.15) is 1.41 Å². The molecule has 41 valence electrons. The molecular weight excluding hydrogens is 96.9 g/mol. The Labute approximate surface area is 53.4 Å². The van der Waals surface area contributed by atoms with Crippen LogP contribution >= 0.6 is 0 Å². The van der Waals surface area contributed by atoms with Crippen LogP contribution in [-0.4, -0.2) is 8.41 Å². The van der Waals surface area contributed by atoms with Gasteiger partial charge in [-0.25, -0.2) is 0 Å². The molecule has 0 amide bonds. The molecule has 8 heavy (non-hydrogen) atoms. The highest BCUT2D eigenvalue weighted by atomic mass is 14.0. The zero-order chi connectivity index (χ0) is 6.24. The molecule has 0 saturated carbocycles. The minimum absolute atomic E-state index is 0. The molecule has 0 atom stereocenters. The largest absolute Gasteiger partial charge is 0.344 e. The first-order chi connectivity index (χ1) is 4.00. The van der Waals surface area contributed by atoms with Crippen molar-refractivity contribution >= 4 is 8.41 Å². The summed E-state index contributed by atoms with van der Waals surface area (Å²) in [4.78, 5) is 0. The third-order valence-corrected chi connectivity index (χ3v) is 0.667. The van der Waals surface area contributed by atoms with Crippen molar-refractivity contribution in [3.05, 3.63) is 36.4 Å². The SMILES string of the molecule is [2H]N.[B].c1ccccc1. The van der Waals surface area contributed by atoms with Gasteiger partial charge in [-0.3, -0.25) is 0 Å². The van der Waals surface area contributed by atoms with Crippen LogP contribution in [0.5, 0.6) is 0 Å². The Morgan fingerprint density at radius 3 is 1.00 bits per heavy atom. The summed E-state index contributed by atoms with van der Waals surface area (Å²) in [6.45, 7) is 0. The first kappa shape index (κ1) is 7.24. The van der Waals surface area contributed by atoms with Crippen LogP contribution in [-0.2, 0) is 0 Å². The van der Waals surface area contributed by atoms with Crippen molar-refractivity contribution < 1.29 is 1.41 Å². The lowest BCUT2D eigenvalue weighted by Crippen LogP contribution is -1.47. The molecule has 0 aliphatic rings. The lowest BCUT2D eigenvalue weighted by Gasteiger charge is -1.69. The summed E-state index contributed by atoms with van der Waals surface area (Å²) in [6.07, 6.45) is 3.75. The molecule has 1 aromatic rings. The second kappa shape index (κ2) is 6.24. The van der Waals surface area contributed by atoms with Crippen molar-refractivity contribution in [1.29, 1.82) is 0 Å². The van der Waals surface area contributed by atoms with Gasteiger partial charge in [-0.1, -0.05) is 36.4 Å². The van der Waals surface area contributed by atoms with E-state index in [9.17, 15) is 0 Å². The van der Waals surface area contributed by atoms with E-state index in [1.54, 1.807) is 0 Å². The fourth-order valence-corrected chi connectivity index (χ4v) is 0.385.